The Bertz CT molecular complexity index is 1410. The lowest BCUT2D eigenvalue weighted by molar-refractivity contribution is 0.101. The van der Waals surface area contributed by atoms with Crippen LogP contribution in [0.5, 0.6) is 0 Å². The molecule has 0 unspecified atom stereocenters. The lowest BCUT2D eigenvalue weighted by Crippen LogP contribution is -2.43. The second kappa shape index (κ2) is 11.7. The van der Waals surface area contributed by atoms with E-state index in [-0.39, 0.29) is 11.8 Å². The predicted octanol–water partition coefficient (Wildman–Crippen LogP) is 5.37. The minimum atomic E-state index is -0.191. The number of pyridine rings is 1. The molecule has 1 aliphatic rings. The van der Waals surface area contributed by atoms with Gasteiger partial charge in [0.1, 0.15) is 0 Å². The van der Waals surface area contributed by atoms with E-state index in [1.54, 1.807) is 18.3 Å². The number of rotatable bonds is 7. The molecule has 1 aliphatic heterocycles. The number of hydrogen-bond acceptors (Lipinski definition) is 6. The van der Waals surface area contributed by atoms with E-state index in [1.807, 2.05) is 60.1 Å². The first kappa shape index (κ1) is 25.8. The van der Waals surface area contributed by atoms with E-state index in [9.17, 15) is 9.59 Å². The van der Waals surface area contributed by atoms with E-state index in [4.69, 9.17) is 0 Å². The van der Waals surface area contributed by atoms with Gasteiger partial charge in [-0.2, -0.15) is 11.3 Å². The number of nitrogens with zero attached hydrogens (tertiary/aromatic N) is 3. The minimum absolute atomic E-state index is 0.145. The maximum absolute atomic E-state index is 13.1. The van der Waals surface area contributed by atoms with Crippen molar-refractivity contribution in [3.63, 3.8) is 0 Å². The zero-order valence-electron chi connectivity index (χ0n) is 21.6. The highest BCUT2D eigenvalue weighted by molar-refractivity contribution is 7.08. The van der Waals surface area contributed by atoms with E-state index in [2.05, 4.69) is 38.5 Å². The number of amides is 2. The lowest BCUT2D eigenvalue weighted by Gasteiger charge is -2.32. The van der Waals surface area contributed by atoms with Crippen molar-refractivity contribution >= 4 is 34.5 Å². The quantitative estimate of drug-likeness (QED) is 0.339. The number of aromatic nitrogens is 1. The van der Waals surface area contributed by atoms with E-state index in [0.717, 1.165) is 60.8 Å². The Morgan fingerprint density at radius 2 is 1.71 bits per heavy atom. The van der Waals surface area contributed by atoms with Gasteiger partial charge in [0, 0.05) is 61.2 Å². The summed E-state index contributed by atoms with van der Waals surface area (Å²) in [6.45, 7) is 6.94. The first-order chi connectivity index (χ1) is 18.5. The van der Waals surface area contributed by atoms with Crippen molar-refractivity contribution in [1.82, 2.24) is 14.8 Å². The van der Waals surface area contributed by atoms with E-state index in [0.29, 0.717) is 16.8 Å². The molecule has 0 aliphatic carbocycles. The normalized spacial score (nSPS) is 14.3. The summed E-state index contributed by atoms with van der Waals surface area (Å²) in [4.78, 5) is 34.9. The number of para-hydroxylation sites is 1. The van der Waals surface area contributed by atoms with Gasteiger partial charge in [0.15, 0.2) is 0 Å². The molecule has 5 rings (SSSR count). The van der Waals surface area contributed by atoms with Crippen molar-refractivity contribution in [1.29, 1.82) is 0 Å². The van der Waals surface area contributed by atoms with Gasteiger partial charge in [-0.05, 0) is 66.9 Å². The summed E-state index contributed by atoms with van der Waals surface area (Å²) >= 11 is 1.49. The molecule has 3 heterocycles. The van der Waals surface area contributed by atoms with Crippen LogP contribution >= 0.6 is 11.3 Å². The van der Waals surface area contributed by atoms with Gasteiger partial charge in [-0.3, -0.25) is 19.5 Å². The molecule has 2 aromatic heterocycles. The van der Waals surface area contributed by atoms with Crippen LogP contribution < -0.4 is 10.6 Å². The van der Waals surface area contributed by atoms with Gasteiger partial charge in [-0.15, -0.1) is 0 Å². The fourth-order valence-electron chi connectivity index (χ4n) is 4.48. The zero-order chi connectivity index (χ0) is 26.5. The second-order valence-electron chi connectivity index (χ2n) is 9.62. The molecule has 1 fully saturated rings. The molecule has 0 spiro atoms. The number of hydrogen-bond donors (Lipinski definition) is 2. The Balaban J connectivity index is 1.27. The molecule has 4 aromatic rings. The zero-order valence-corrected chi connectivity index (χ0v) is 22.4. The van der Waals surface area contributed by atoms with Crippen LogP contribution in [0.3, 0.4) is 0 Å². The molecule has 1 saturated heterocycles. The number of piperazine rings is 1. The molecule has 0 saturated carbocycles. The van der Waals surface area contributed by atoms with Crippen LogP contribution in [-0.2, 0) is 6.54 Å². The fraction of sp³-hybridized carbons (Fsp3) is 0.233. The van der Waals surface area contributed by atoms with Crippen molar-refractivity contribution in [2.75, 3.05) is 43.9 Å². The SMILES string of the molecule is Cc1ccc(NC(=O)c2ccsc2)cc1-c1ccc(C(=O)Nc2ccccc2CN2CCN(C)CC2)cn1. The third kappa shape index (κ3) is 6.16. The highest BCUT2D eigenvalue weighted by Gasteiger charge is 2.17. The van der Waals surface area contributed by atoms with E-state index in [1.165, 1.54) is 11.3 Å². The topological polar surface area (TPSA) is 77.6 Å². The van der Waals surface area contributed by atoms with Crippen LogP contribution in [0.15, 0.2) is 77.6 Å². The van der Waals surface area contributed by atoms with Crippen LogP contribution in [0.2, 0.25) is 0 Å². The summed E-state index contributed by atoms with van der Waals surface area (Å²) in [7, 11) is 2.15. The van der Waals surface area contributed by atoms with Gasteiger partial charge in [0.05, 0.1) is 16.8 Å². The first-order valence-corrected chi connectivity index (χ1v) is 13.6. The molecule has 0 radical (unpaired) electrons. The Morgan fingerprint density at radius 3 is 2.45 bits per heavy atom. The minimum Gasteiger partial charge on any atom is -0.322 e. The Morgan fingerprint density at radius 1 is 0.921 bits per heavy atom. The van der Waals surface area contributed by atoms with Crippen LogP contribution in [0.4, 0.5) is 11.4 Å². The van der Waals surface area contributed by atoms with Crippen LogP contribution in [0.25, 0.3) is 11.3 Å². The number of carbonyl (C=O) groups is 2. The Hall–Kier alpha value is -3.85. The van der Waals surface area contributed by atoms with Gasteiger partial charge in [0.2, 0.25) is 0 Å². The summed E-state index contributed by atoms with van der Waals surface area (Å²) in [6, 6.07) is 19.2. The van der Waals surface area contributed by atoms with Crippen molar-refractivity contribution < 1.29 is 9.59 Å². The molecule has 2 aromatic carbocycles. The third-order valence-electron chi connectivity index (χ3n) is 6.84. The molecule has 7 nitrogen and oxygen atoms in total. The number of nitrogens with one attached hydrogen (secondary N) is 2. The average molecular weight is 526 g/mol. The molecular formula is C30H31N5O2S. The number of thiophene rings is 1. The fourth-order valence-corrected chi connectivity index (χ4v) is 5.12. The Labute approximate surface area is 227 Å². The molecular weight excluding hydrogens is 494 g/mol. The first-order valence-electron chi connectivity index (χ1n) is 12.7. The average Bonchev–Trinajstić information content (AvgIpc) is 3.48. The summed E-state index contributed by atoms with van der Waals surface area (Å²) < 4.78 is 0. The largest absolute Gasteiger partial charge is 0.322 e. The molecule has 8 heteroatoms. The lowest BCUT2D eigenvalue weighted by atomic mass is 10.0. The van der Waals surface area contributed by atoms with E-state index >= 15 is 0 Å². The van der Waals surface area contributed by atoms with E-state index < -0.39 is 0 Å². The van der Waals surface area contributed by atoms with Crippen molar-refractivity contribution in [2.45, 2.75) is 13.5 Å². The molecule has 2 amide bonds. The van der Waals surface area contributed by atoms with Gasteiger partial charge in [0.25, 0.3) is 11.8 Å². The Kier molecular flexibility index (Phi) is 7.93. The summed E-state index contributed by atoms with van der Waals surface area (Å²) in [6.07, 6.45) is 1.60. The standard InChI is InChI=1S/C30H31N5O2S/c1-21-7-9-25(32-30(37)24-11-16-38-20-24)17-26(21)28-10-8-22(18-31-28)29(36)33-27-6-4-3-5-23(27)19-35-14-12-34(2)13-15-35/h3-11,16-18,20H,12-15,19H2,1-2H3,(H,32,37)(H,33,36). The number of benzene rings is 2. The predicted molar refractivity (Wildman–Crippen MR) is 154 cm³/mol. The molecule has 194 valence electrons. The van der Waals surface area contributed by atoms with Crippen LogP contribution in [0, 0.1) is 6.92 Å². The molecule has 0 bridgehead atoms. The number of carbonyl (C=O) groups excluding carboxylic acids is 2. The second-order valence-corrected chi connectivity index (χ2v) is 10.4. The van der Waals surface area contributed by atoms with Crippen molar-refractivity contribution in [2.24, 2.45) is 0 Å². The maximum Gasteiger partial charge on any atom is 0.257 e. The molecule has 38 heavy (non-hydrogen) atoms. The smallest absolute Gasteiger partial charge is 0.257 e. The van der Waals surface area contributed by atoms with Crippen molar-refractivity contribution in [3.8, 4) is 11.3 Å². The van der Waals surface area contributed by atoms with Gasteiger partial charge in [-0.25, -0.2) is 0 Å². The molecule has 2 N–H and O–H groups in total. The summed E-state index contributed by atoms with van der Waals surface area (Å²) in [5.74, 6) is -0.336. The number of anilines is 2. The summed E-state index contributed by atoms with van der Waals surface area (Å²) in [5.41, 5.74) is 6.41. The van der Waals surface area contributed by atoms with Crippen molar-refractivity contribution in [3.05, 3.63) is 99.9 Å². The van der Waals surface area contributed by atoms with Gasteiger partial charge < -0.3 is 15.5 Å². The van der Waals surface area contributed by atoms with Crippen LogP contribution in [-0.4, -0.2) is 59.8 Å². The highest BCUT2D eigenvalue weighted by Crippen LogP contribution is 2.26. The molecule has 0 atom stereocenters. The summed E-state index contributed by atoms with van der Waals surface area (Å²) in [5, 5.41) is 9.72. The third-order valence-corrected chi connectivity index (χ3v) is 7.52. The monoisotopic (exact) mass is 525 g/mol. The van der Waals surface area contributed by atoms with Crippen LogP contribution in [0.1, 0.15) is 31.8 Å². The highest BCUT2D eigenvalue weighted by atomic mass is 32.1. The van der Waals surface area contributed by atoms with Gasteiger partial charge in [-0.1, -0.05) is 24.3 Å². The van der Waals surface area contributed by atoms with Gasteiger partial charge >= 0.3 is 0 Å². The number of aryl methyl sites for hydroxylation is 1. The maximum atomic E-state index is 13.1. The number of likely N-dealkylation sites (N-methyl/N-ethyl adjacent to an activating group) is 1.